The van der Waals surface area contributed by atoms with E-state index in [1.54, 1.807) is 25.4 Å². The highest BCUT2D eigenvalue weighted by Crippen LogP contribution is 2.20. The number of rotatable bonds is 7. The molecule has 0 aliphatic carbocycles. The first-order valence-electron chi connectivity index (χ1n) is 9.48. The minimum atomic E-state index is -3.60. The molecule has 154 valence electrons. The van der Waals surface area contributed by atoms with Gasteiger partial charge >= 0.3 is 0 Å². The van der Waals surface area contributed by atoms with E-state index in [-0.39, 0.29) is 22.9 Å². The fourth-order valence-corrected chi connectivity index (χ4v) is 4.12. The topological polar surface area (TPSA) is 106 Å². The number of anilines is 1. The highest BCUT2D eigenvalue weighted by Gasteiger charge is 2.17. The summed E-state index contributed by atoms with van der Waals surface area (Å²) in [7, 11) is -3.60. The molecule has 2 N–H and O–H groups in total. The summed E-state index contributed by atoms with van der Waals surface area (Å²) in [5, 5.41) is 7.92. The Bertz CT molecular complexity index is 1120. The first-order valence-corrected chi connectivity index (χ1v) is 11.0. The van der Waals surface area contributed by atoms with Gasteiger partial charge in [-0.25, -0.2) is 22.8 Å². The predicted molar refractivity (Wildman–Crippen MR) is 112 cm³/mol. The summed E-state index contributed by atoms with van der Waals surface area (Å²) < 4.78 is 29.0. The Balaban J connectivity index is 1.75. The summed E-state index contributed by atoms with van der Waals surface area (Å²) in [4.78, 5) is 17.0. The van der Waals surface area contributed by atoms with Crippen LogP contribution in [0.5, 0.6) is 0 Å². The van der Waals surface area contributed by atoms with E-state index in [0.29, 0.717) is 17.7 Å². The lowest BCUT2D eigenvalue weighted by molar-refractivity contribution is 0.102. The molecule has 0 fully saturated rings. The van der Waals surface area contributed by atoms with Gasteiger partial charge in [0.2, 0.25) is 10.0 Å². The summed E-state index contributed by atoms with van der Waals surface area (Å²) in [6, 6.07) is 7.66. The summed E-state index contributed by atoms with van der Waals surface area (Å²) in [6.45, 7) is 7.74. The molecule has 1 unspecified atom stereocenters. The first-order chi connectivity index (χ1) is 13.7. The molecule has 3 rings (SSSR count). The highest BCUT2D eigenvalue weighted by atomic mass is 32.2. The van der Waals surface area contributed by atoms with Crippen LogP contribution in [0.2, 0.25) is 0 Å². The predicted octanol–water partition coefficient (Wildman–Crippen LogP) is 3.34. The van der Waals surface area contributed by atoms with Crippen LogP contribution in [0.25, 0.3) is 11.0 Å². The van der Waals surface area contributed by atoms with Gasteiger partial charge in [-0.1, -0.05) is 6.92 Å². The van der Waals surface area contributed by atoms with Crippen molar-refractivity contribution >= 4 is 32.7 Å². The van der Waals surface area contributed by atoms with Crippen LogP contribution < -0.4 is 10.0 Å². The monoisotopic (exact) mass is 415 g/mol. The number of hydrogen-bond donors (Lipinski definition) is 2. The van der Waals surface area contributed by atoms with E-state index in [1.807, 2.05) is 25.5 Å². The van der Waals surface area contributed by atoms with Gasteiger partial charge in [-0.2, -0.15) is 5.10 Å². The number of hydrogen-bond acceptors (Lipinski definition) is 5. The van der Waals surface area contributed by atoms with Crippen LogP contribution in [-0.2, 0) is 10.0 Å². The molecule has 1 amide bonds. The summed E-state index contributed by atoms with van der Waals surface area (Å²) in [5.74, 6) is -0.346. The average molecular weight is 416 g/mol. The molecule has 2 aromatic heterocycles. The van der Waals surface area contributed by atoms with Crippen molar-refractivity contribution in [1.29, 1.82) is 0 Å². The normalized spacial score (nSPS) is 13.0. The second-order valence-corrected chi connectivity index (χ2v) is 8.94. The number of carbonyl (C=O) groups is 1. The van der Waals surface area contributed by atoms with Crippen molar-refractivity contribution in [3.05, 3.63) is 48.3 Å². The van der Waals surface area contributed by atoms with Crippen LogP contribution in [0.1, 0.15) is 50.5 Å². The van der Waals surface area contributed by atoms with Crippen LogP contribution in [0.3, 0.4) is 0 Å². The van der Waals surface area contributed by atoms with Gasteiger partial charge < -0.3 is 5.32 Å². The van der Waals surface area contributed by atoms with Gasteiger partial charge in [-0.3, -0.25) is 4.79 Å². The van der Waals surface area contributed by atoms with Gasteiger partial charge in [-0.05, 0) is 57.5 Å². The van der Waals surface area contributed by atoms with Crippen LogP contribution in [0.15, 0.2) is 47.6 Å². The molecule has 1 aromatic carbocycles. The first kappa shape index (κ1) is 20.9. The van der Waals surface area contributed by atoms with Crippen LogP contribution >= 0.6 is 0 Å². The molecule has 1 atom stereocenters. The number of pyridine rings is 1. The average Bonchev–Trinajstić information content (AvgIpc) is 3.11. The van der Waals surface area contributed by atoms with E-state index < -0.39 is 10.0 Å². The number of aromatic nitrogens is 3. The van der Waals surface area contributed by atoms with Gasteiger partial charge in [0, 0.05) is 23.0 Å². The summed E-state index contributed by atoms with van der Waals surface area (Å²) in [6.07, 6.45) is 3.98. The minimum Gasteiger partial charge on any atom is -0.321 e. The van der Waals surface area contributed by atoms with E-state index in [4.69, 9.17) is 0 Å². The smallest absolute Gasteiger partial charge is 0.255 e. The second-order valence-electron chi connectivity index (χ2n) is 7.23. The standard InChI is InChI=1S/C20H25N5O3S/c1-5-14(4)24-29(27,28)18-8-6-15(7-9-18)20(26)23-17-10-16-11-22-25(13(2)3)19(16)21-12-17/h6-14,24H,5H2,1-4H3,(H,23,26). The number of carbonyl (C=O) groups excluding carboxylic acids is 1. The molecule has 3 aromatic rings. The Kier molecular flexibility index (Phi) is 5.99. The van der Waals surface area contributed by atoms with Crippen molar-refractivity contribution in [2.24, 2.45) is 0 Å². The Labute approximate surface area is 170 Å². The molecule has 0 saturated heterocycles. The van der Waals surface area contributed by atoms with Gasteiger partial charge in [0.25, 0.3) is 5.91 Å². The molecule has 0 aliphatic rings. The molecule has 2 heterocycles. The van der Waals surface area contributed by atoms with Crippen molar-refractivity contribution in [1.82, 2.24) is 19.5 Å². The molecule has 8 nitrogen and oxygen atoms in total. The molecular weight excluding hydrogens is 390 g/mol. The summed E-state index contributed by atoms with van der Waals surface area (Å²) >= 11 is 0. The number of nitrogens with one attached hydrogen (secondary N) is 2. The molecule has 9 heteroatoms. The Morgan fingerprint density at radius 3 is 2.45 bits per heavy atom. The highest BCUT2D eigenvalue weighted by molar-refractivity contribution is 7.89. The van der Waals surface area contributed by atoms with E-state index >= 15 is 0 Å². The third-order valence-corrected chi connectivity index (χ3v) is 6.18. The minimum absolute atomic E-state index is 0.124. The van der Waals surface area contributed by atoms with E-state index in [0.717, 1.165) is 11.0 Å². The number of amides is 1. The Morgan fingerprint density at radius 2 is 1.83 bits per heavy atom. The molecule has 0 saturated carbocycles. The van der Waals surface area contributed by atoms with E-state index in [1.165, 1.54) is 24.3 Å². The van der Waals surface area contributed by atoms with Crippen molar-refractivity contribution < 1.29 is 13.2 Å². The molecular formula is C20H25N5O3S. The van der Waals surface area contributed by atoms with Crippen molar-refractivity contribution in [2.75, 3.05) is 5.32 Å². The van der Waals surface area contributed by atoms with Crippen molar-refractivity contribution in [2.45, 2.75) is 51.1 Å². The van der Waals surface area contributed by atoms with Gasteiger partial charge in [-0.15, -0.1) is 0 Å². The molecule has 0 aliphatic heterocycles. The largest absolute Gasteiger partial charge is 0.321 e. The number of benzene rings is 1. The summed E-state index contributed by atoms with van der Waals surface area (Å²) in [5.41, 5.74) is 1.65. The maximum atomic E-state index is 12.5. The number of sulfonamides is 1. The van der Waals surface area contributed by atoms with Gasteiger partial charge in [0.15, 0.2) is 5.65 Å². The lowest BCUT2D eigenvalue weighted by atomic mass is 10.2. The van der Waals surface area contributed by atoms with Crippen molar-refractivity contribution in [3.63, 3.8) is 0 Å². The number of nitrogens with zero attached hydrogens (tertiary/aromatic N) is 3. The van der Waals surface area contributed by atoms with Gasteiger partial charge in [0.05, 0.1) is 23.0 Å². The quantitative estimate of drug-likeness (QED) is 0.616. The van der Waals surface area contributed by atoms with E-state index in [2.05, 4.69) is 20.1 Å². The van der Waals surface area contributed by atoms with Crippen LogP contribution in [0, 0.1) is 0 Å². The zero-order valence-corrected chi connectivity index (χ0v) is 17.7. The third-order valence-electron chi connectivity index (χ3n) is 4.58. The van der Waals surface area contributed by atoms with Crippen LogP contribution in [-0.4, -0.2) is 35.1 Å². The molecule has 0 bridgehead atoms. The maximum absolute atomic E-state index is 12.5. The zero-order chi connectivity index (χ0) is 21.2. The third kappa shape index (κ3) is 4.63. The molecule has 29 heavy (non-hydrogen) atoms. The zero-order valence-electron chi connectivity index (χ0n) is 16.9. The Hall–Kier alpha value is -2.78. The fraction of sp³-hybridized carbons (Fsp3) is 0.350. The van der Waals surface area contributed by atoms with Crippen molar-refractivity contribution in [3.8, 4) is 0 Å². The van der Waals surface area contributed by atoms with E-state index in [9.17, 15) is 13.2 Å². The Morgan fingerprint density at radius 1 is 1.14 bits per heavy atom. The fourth-order valence-electron chi connectivity index (χ4n) is 2.79. The molecule has 0 spiro atoms. The lowest BCUT2D eigenvalue weighted by Gasteiger charge is -2.12. The molecule has 0 radical (unpaired) electrons. The van der Waals surface area contributed by atoms with Gasteiger partial charge in [0.1, 0.15) is 0 Å². The number of fused-ring (bicyclic) bond motifs is 1. The van der Waals surface area contributed by atoms with Crippen LogP contribution in [0.4, 0.5) is 5.69 Å². The second kappa shape index (κ2) is 8.30. The SMILES string of the molecule is CCC(C)NS(=O)(=O)c1ccc(C(=O)Nc2cnc3c(cnn3C(C)C)c2)cc1. The lowest BCUT2D eigenvalue weighted by Crippen LogP contribution is -2.32. The maximum Gasteiger partial charge on any atom is 0.255 e.